The van der Waals surface area contributed by atoms with Crippen LogP contribution >= 0.6 is 0 Å². The van der Waals surface area contributed by atoms with Gasteiger partial charge in [0.05, 0.1) is 0 Å². The first-order valence-electron chi connectivity index (χ1n) is 1.27. The molecule has 0 spiro atoms. The lowest BCUT2D eigenvalue weighted by Crippen LogP contribution is -1.38. The summed E-state index contributed by atoms with van der Waals surface area (Å²) in [5, 5.41) is 0. The summed E-state index contributed by atoms with van der Waals surface area (Å²) in [5.74, 6) is 2.38. The molecule has 0 aliphatic rings. The van der Waals surface area contributed by atoms with Crippen LogP contribution in [-0.2, 0) is 0 Å². The summed E-state index contributed by atoms with van der Waals surface area (Å²) >= 11 is 0. The minimum absolute atomic E-state index is 1.62. The molecule has 0 rings (SSSR count). The number of hydrogen-bond donors (Lipinski definition) is 0. The lowest BCUT2D eigenvalue weighted by molar-refractivity contribution is 1.49. The van der Waals surface area contributed by atoms with Crippen molar-refractivity contribution in [2.24, 2.45) is 4.99 Å². The third-order valence-electron chi connectivity index (χ3n) is 0.191. The Balaban J connectivity index is 3.75. The van der Waals surface area contributed by atoms with Gasteiger partial charge in [0, 0.05) is 12.9 Å². The van der Waals surface area contributed by atoms with Crippen LogP contribution in [0.15, 0.2) is 17.3 Å². The number of nitrogens with zero attached hydrogens (tertiary/aromatic N) is 1. The highest BCUT2D eigenvalue weighted by molar-refractivity contribution is 5.48. The summed E-state index contributed by atoms with van der Waals surface area (Å²) < 4.78 is 0. The van der Waals surface area contributed by atoms with Crippen molar-refractivity contribution in [3.8, 4) is 0 Å². The molecule has 0 atom stereocenters. The van der Waals surface area contributed by atoms with E-state index in [4.69, 9.17) is 0 Å². The fourth-order valence-corrected chi connectivity index (χ4v) is 0.0791. The minimum atomic E-state index is 1.62. The van der Waals surface area contributed by atoms with Gasteiger partial charge in [0.2, 0.25) is 0 Å². The van der Waals surface area contributed by atoms with Gasteiger partial charge in [-0.3, -0.25) is 0 Å². The van der Waals surface area contributed by atoms with Gasteiger partial charge in [0.25, 0.3) is 0 Å². The summed E-state index contributed by atoms with van der Waals surface area (Å²) in [7, 11) is 1.62. The number of rotatable bonds is 0. The van der Waals surface area contributed by atoms with Gasteiger partial charge in [-0.25, -0.2) is 4.99 Å². The van der Waals surface area contributed by atoms with E-state index in [9.17, 15) is 0 Å². The first-order valence-corrected chi connectivity index (χ1v) is 1.27. The quantitative estimate of drug-likeness (QED) is 0.291. The van der Waals surface area contributed by atoms with Crippen LogP contribution in [0.3, 0.4) is 0 Å². The van der Waals surface area contributed by atoms with Gasteiger partial charge in [-0.15, -0.1) is 0 Å². The highest BCUT2D eigenvalue weighted by atomic mass is 14.6. The molecule has 5 heavy (non-hydrogen) atoms. The van der Waals surface area contributed by atoms with E-state index >= 15 is 0 Å². The topological polar surface area (TPSA) is 12.4 Å². The summed E-state index contributed by atoms with van der Waals surface area (Å²) in [5.41, 5.74) is 2.35. The van der Waals surface area contributed by atoms with Crippen molar-refractivity contribution in [3.63, 3.8) is 0 Å². The molecule has 0 radical (unpaired) electrons. The van der Waals surface area contributed by atoms with Crippen LogP contribution in [0.5, 0.6) is 0 Å². The third-order valence-corrected chi connectivity index (χ3v) is 0.191. The zero-order chi connectivity index (χ0) is 4.12. The van der Waals surface area contributed by atoms with E-state index in [0.717, 1.165) is 0 Å². The molecule has 0 N–H and O–H groups in total. The molecule has 0 amide bonds. The molecule has 0 aromatic heterocycles. The number of hydrogen-bond acceptors (Lipinski definition) is 1. The number of aliphatic imine (C=N–C) groups is 1. The van der Waals surface area contributed by atoms with E-state index in [1.54, 1.807) is 7.05 Å². The van der Waals surface area contributed by atoms with Gasteiger partial charge in [-0.05, 0) is 6.58 Å². The van der Waals surface area contributed by atoms with Crippen molar-refractivity contribution in [2.75, 3.05) is 7.05 Å². The largest absolute Gasteiger partial charge is 0.239 e. The maximum atomic E-state index is 3.43. The second-order valence-corrected chi connectivity index (χ2v) is 0.512. The molecule has 0 aliphatic heterocycles. The molecule has 0 aromatic rings. The van der Waals surface area contributed by atoms with Crippen LogP contribution < -0.4 is 0 Å². The van der Waals surface area contributed by atoms with Crippen LogP contribution in [0.25, 0.3) is 0 Å². The molecule has 0 aliphatic carbocycles. The summed E-state index contributed by atoms with van der Waals surface area (Å²) in [6.07, 6.45) is 0. The van der Waals surface area contributed by atoms with E-state index < -0.39 is 0 Å². The van der Waals surface area contributed by atoms with Crippen LogP contribution in [0.2, 0.25) is 0 Å². The lowest BCUT2D eigenvalue weighted by atomic mass is 10.9. The average molecular weight is 67.1 g/mol. The standard InChI is InChI=1S/C4H5N/c1-3-4-5-2/h1H2,2H3. The Morgan fingerprint density at radius 1 is 1.80 bits per heavy atom. The zero-order valence-electron chi connectivity index (χ0n) is 3.15. The Morgan fingerprint density at radius 2 is 2.40 bits per heavy atom. The lowest BCUT2D eigenvalue weighted by Gasteiger charge is -1.43. The van der Waals surface area contributed by atoms with Crippen LogP contribution in [0, 0.1) is 0 Å². The molecular weight excluding hydrogens is 62.1 g/mol. The van der Waals surface area contributed by atoms with Gasteiger partial charge in [0.15, 0.2) is 0 Å². The normalized spacial score (nSPS) is 4.20. The Hall–Kier alpha value is -0.770. The maximum absolute atomic E-state index is 3.43. The van der Waals surface area contributed by atoms with E-state index in [2.05, 4.69) is 23.2 Å². The van der Waals surface area contributed by atoms with Gasteiger partial charge < -0.3 is 0 Å². The van der Waals surface area contributed by atoms with Crippen molar-refractivity contribution in [3.05, 3.63) is 12.3 Å². The minimum Gasteiger partial charge on any atom is -0.239 e. The SMILES string of the molecule is C=C=C=NC. The summed E-state index contributed by atoms with van der Waals surface area (Å²) in [6, 6.07) is 0. The Bertz CT molecular complexity index is 81.8. The summed E-state index contributed by atoms with van der Waals surface area (Å²) in [4.78, 5) is 3.43. The van der Waals surface area contributed by atoms with Crippen molar-refractivity contribution in [1.29, 1.82) is 0 Å². The van der Waals surface area contributed by atoms with Crippen LogP contribution in [-0.4, -0.2) is 12.9 Å². The van der Waals surface area contributed by atoms with E-state index in [0.29, 0.717) is 0 Å². The van der Waals surface area contributed by atoms with Crippen LogP contribution in [0.4, 0.5) is 0 Å². The van der Waals surface area contributed by atoms with Gasteiger partial charge in [-0.2, -0.15) is 0 Å². The molecule has 0 fully saturated rings. The van der Waals surface area contributed by atoms with Gasteiger partial charge in [0.1, 0.15) is 0 Å². The summed E-state index contributed by atoms with van der Waals surface area (Å²) in [6.45, 7) is 3.22. The molecule has 26 valence electrons. The molecule has 0 saturated heterocycles. The second kappa shape index (κ2) is 3.23. The van der Waals surface area contributed by atoms with Gasteiger partial charge in [-0.1, -0.05) is 5.73 Å². The first kappa shape index (κ1) is 4.23. The molecule has 0 unspecified atom stereocenters. The Labute approximate surface area is 31.4 Å². The zero-order valence-corrected chi connectivity index (χ0v) is 3.15. The predicted molar refractivity (Wildman–Crippen MR) is 22.5 cm³/mol. The van der Waals surface area contributed by atoms with Crippen molar-refractivity contribution in [1.82, 2.24) is 0 Å². The molecule has 0 bridgehead atoms. The fraction of sp³-hybridized carbons (Fsp3) is 0.250. The monoisotopic (exact) mass is 67.0 g/mol. The van der Waals surface area contributed by atoms with E-state index in [-0.39, 0.29) is 0 Å². The predicted octanol–water partition coefficient (Wildman–Crippen LogP) is 0.627. The van der Waals surface area contributed by atoms with Gasteiger partial charge >= 0.3 is 0 Å². The molecule has 0 saturated carbocycles. The smallest absolute Gasteiger partial charge is 0.0379 e. The van der Waals surface area contributed by atoms with Crippen molar-refractivity contribution < 1.29 is 0 Å². The molecular formula is C4H5N. The maximum Gasteiger partial charge on any atom is 0.0379 e. The Morgan fingerprint density at radius 3 is 2.40 bits per heavy atom. The average Bonchev–Trinajstić information content (AvgIpc) is 1.41. The highest BCUT2D eigenvalue weighted by Gasteiger charge is 1.27. The third kappa shape index (κ3) is 3.23. The molecule has 1 heteroatoms. The van der Waals surface area contributed by atoms with E-state index in [1.165, 1.54) is 0 Å². The molecule has 1 nitrogen and oxygen atoms in total. The molecule has 0 heterocycles. The first-order chi connectivity index (χ1) is 2.41. The van der Waals surface area contributed by atoms with Crippen molar-refractivity contribution >= 4 is 5.87 Å². The molecule has 0 aromatic carbocycles. The fourth-order valence-electron chi connectivity index (χ4n) is 0.0791. The van der Waals surface area contributed by atoms with E-state index in [1.807, 2.05) is 0 Å². The second-order valence-electron chi connectivity index (χ2n) is 0.512. The van der Waals surface area contributed by atoms with Crippen molar-refractivity contribution in [2.45, 2.75) is 0 Å². The Kier molecular flexibility index (Phi) is 2.73. The van der Waals surface area contributed by atoms with Crippen LogP contribution in [0.1, 0.15) is 0 Å². The highest BCUT2D eigenvalue weighted by Crippen LogP contribution is 1.35.